The molecule has 1 heterocycles. The quantitative estimate of drug-likeness (QED) is 0.624. The van der Waals surface area contributed by atoms with Crippen molar-refractivity contribution in [3.8, 4) is 0 Å². The van der Waals surface area contributed by atoms with Crippen molar-refractivity contribution in [2.24, 2.45) is 0 Å². The monoisotopic (exact) mass is 278 g/mol. The first-order chi connectivity index (χ1) is 8.49. The Morgan fingerprint density at radius 1 is 1.73 bits per heavy atom. The Bertz CT molecular complexity index is 406. The molecule has 0 saturated carbocycles. The Morgan fingerprint density at radius 3 is 3.07 bits per heavy atom. The number of nitrogens with one attached hydrogen (secondary N) is 1. The zero-order valence-electron chi connectivity index (χ0n) is 11.7. The lowest BCUT2D eigenvalue weighted by molar-refractivity contribution is -0.125. The number of alkyl halides is 2. The van der Waals surface area contributed by atoms with Gasteiger partial charge in [0.2, 0.25) is 5.91 Å². The molecule has 0 aromatic carbocycles. The molecule has 0 aromatic rings. The van der Waals surface area contributed by atoms with Crippen molar-refractivity contribution in [1.29, 1.82) is 0 Å². The van der Waals surface area contributed by atoms with E-state index in [4.69, 9.17) is 33.2 Å². The van der Waals surface area contributed by atoms with Gasteiger partial charge in [0, 0.05) is 21.7 Å². The maximum absolute atomic E-state index is 12.5. The highest BCUT2D eigenvalue weighted by atomic mass is 35.5. The van der Waals surface area contributed by atoms with Crippen molar-refractivity contribution in [3.63, 3.8) is 0 Å². The third-order valence-corrected chi connectivity index (χ3v) is 4.03. The molecular formula is C7H13Cl2N2O3P. The molecule has 1 aliphatic rings. The second-order valence-electron chi connectivity index (χ2n) is 2.63. The van der Waals surface area contributed by atoms with E-state index in [1.54, 1.807) is 0 Å². The van der Waals surface area contributed by atoms with Gasteiger partial charge in [-0.25, -0.2) is 9.65 Å². The molecule has 1 fully saturated rings. The third kappa shape index (κ3) is 3.33. The van der Waals surface area contributed by atoms with Crippen molar-refractivity contribution in [2.45, 2.75) is 6.42 Å². The van der Waals surface area contributed by atoms with Crippen LogP contribution in [0.4, 0.5) is 0 Å². The Labute approximate surface area is 104 Å². The molecular weight excluding hydrogens is 262 g/mol. The smallest absolute Gasteiger partial charge is 0.302 e. The molecule has 5 nitrogen and oxygen atoms in total. The minimum atomic E-state index is -4.06. The van der Waals surface area contributed by atoms with Crippen LogP contribution >= 0.6 is 30.9 Å². The molecule has 0 aromatic heterocycles. The fourth-order valence-electron chi connectivity index (χ4n) is 1.05. The standard InChI is InChI=1S/C7H13Cl2N2O3P/c8-2-3-10-15(13)11(7(12)6-9)4-1-5-14-15/h1-6H2,(H,10,13)/t15-/m0/s1/i2D2,5D2. The van der Waals surface area contributed by atoms with E-state index in [1.807, 2.05) is 0 Å². The second-order valence-corrected chi connectivity index (χ2v) is 5.18. The Morgan fingerprint density at radius 2 is 2.47 bits per heavy atom. The summed E-state index contributed by atoms with van der Waals surface area (Å²) in [6, 6.07) is 0. The topological polar surface area (TPSA) is 58.6 Å². The van der Waals surface area contributed by atoms with Crippen LogP contribution in [0.25, 0.3) is 0 Å². The normalized spacial score (nSPS) is 34.9. The highest BCUT2D eigenvalue weighted by Crippen LogP contribution is 2.49. The van der Waals surface area contributed by atoms with Crippen LogP contribution in [0.3, 0.4) is 0 Å². The Hall–Kier alpha value is 0.200. The summed E-state index contributed by atoms with van der Waals surface area (Å²) in [5, 5.41) is 2.19. The molecule has 1 amide bonds. The van der Waals surface area contributed by atoms with Gasteiger partial charge in [0.15, 0.2) is 0 Å². The van der Waals surface area contributed by atoms with Gasteiger partial charge in [0.05, 0.1) is 9.30 Å². The summed E-state index contributed by atoms with van der Waals surface area (Å²) in [6.07, 6.45) is -0.158. The SMILES string of the molecule is [2H]C([2H])(Cl)CN[P@]1(=O)OC([2H])([2H])CCN1C(=O)CCl. The predicted octanol–water partition coefficient (Wildman–Crippen LogP) is 1.41. The lowest BCUT2D eigenvalue weighted by Gasteiger charge is -2.34. The fraction of sp³-hybridized carbons (Fsp3) is 0.857. The first-order valence-corrected chi connectivity index (χ1v) is 6.60. The van der Waals surface area contributed by atoms with Crippen LogP contribution in [0.1, 0.15) is 11.9 Å². The zero-order valence-corrected chi connectivity index (χ0v) is 10.1. The average Bonchev–Trinajstić information content (AvgIpc) is 2.23. The van der Waals surface area contributed by atoms with E-state index in [-0.39, 0.29) is 13.0 Å². The summed E-state index contributed by atoms with van der Waals surface area (Å²) in [6.45, 7) is -2.90. The molecule has 0 spiro atoms. The first-order valence-electron chi connectivity index (χ1n) is 6.11. The number of carbonyl (C=O) groups excluding carboxylic acids is 1. The van der Waals surface area contributed by atoms with E-state index in [0.29, 0.717) is 0 Å². The van der Waals surface area contributed by atoms with Gasteiger partial charge in [0.25, 0.3) is 0 Å². The van der Waals surface area contributed by atoms with Gasteiger partial charge >= 0.3 is 7.67 Å². The Kier molecular flexibility index (Phi) is 3.36. The molecule has 1 saturated heterocycles. The van der Waals surface area contributed by atoms with E-state index in [1.165, 1.54) is 0 Å². The number of hydrogen-bond donors (Lipinski definition) is 1. The molecule has 0 unspecified atom stereocenters. The van der Waals surface area contributed by atoms with Crippen molar-refractivity contribution in [3.05, 3.63) is 0 Å². The first kappa shape index (κ1) is 8.31. The van der Waals surface area contributed by atoms with Crippen LogP contribution < -0.4 is 5.09 Å². The van der Waals surface area contributed by atoms with Gasteiger partial charge in [-0.05, 0) is 6.42 Å². The summed E-state index contributed by atoms with van der Waals surface area (Å²) in [4.78, 5) is 11.6. The molecule has 88 valence electrons. The maximum Gasteiger partial charge on any atom is 0.370 e. The van der Waals surface area contributed by atoms with Gasteiger partial charge in [-0.3, -0.25) is 9.46 Å². The van der Waals surface area contributed by atoms with E-state index in [9.17, 15) is 9.36 Å². The summed E-state index contributed by atoms with van der Waals surface area (Å²) in [5.74, 6) is -3.34. The lowest BCUT2D eigenvalue weighted by atomic mass is 10.4. The van der Waals surface area contributed by atoms with Crippen molar-refractivity contribution in [1.82, 2.24) is 9.76 Å². The largest absolute Gasteiger partial charge is 0.370 e. The molecule has 0 bridgehead atoms. The van der Waals surface area contributed by atoms with Gasteiger partial charge in [-0.2, -0.15) is 0 Å². The maximum atomic E-state index is 12.5. The number of nitrogens with zero attached hydrogens (tertiary/aromatic N) is 1. The van der Waals surface area contributed by atoms with Crippen LogP contribution in [0.5, 0.6) is 0 Å². The van der Waals surface area contributed by atoms with Gasteiger partial charge in [-0.1, -0.05) is 0 Å². The van der Waals surface area contributed by atoms with Crippen LogP contribution in [0.15, 0.2) is 0 Å². The van der Waals surface area contributed by atoms with Gasteiger partial charge in [0.1, 0.15) is 5.88 Å². The van der Waals surface area contributed by atoms with Gasteiger partial charge < -0.3 is 4.52 Å². The molecule has 1 rings (SSSR count). The molecule has 8 heteroatoms. The number of rotatable bonds is 4. The highest BCUT2D eigenvalue weighted by molar-refractivity contribution is 7.55. The van der Waals surface area contributed by atoms with Crippen molar-refractivity contribution < 1.29 is 19.4 Å². The van der Waals surface area contributed by atoms with Crippen LogP contribution in [0, 0.1) is 0 Å². The zero-order chi connectivity index (χ0) is 14.9. The summed E-state index contributed by atoms with van der Waals surface area (Å²) < 4.78 is 47.2. The molecule has 0 aliphatic carbocycles. The average molecular weight is 279 g/mol. The predicted molar refractivity (Wildman–Crippen MR) is 59.3 cm³/mol. The number of amides is 1. The summed E-state index contributed by atoms with van der Waals surface area (Å²) >= 11 is 10.7. The molecule has 15 heavy (non-hydrogen) atoms. The Balaban J connectivity index is 2.92. The van der Waals surface area contributed by atoms with Crippen molar-refractivity contribution >= 4 is 36.8 Å². The van der Waals surface area contributed by atoms with E-state index in [0.717, 1.165) is 4.67 Å². The van der Waals surface area contributed by atoms with Crippen LogP contribution in [-0.4, -0.2) is 41.9 Å². The highest BCUT2D eigenvalue weighted by Gasteiger charge is 2.37. The molecule has 0 radical (unpaired) electrons. The minimum absolute atomic E-state index is 0.145. The number of carbonyl (C=O) groups is 1. The minimum Gasteiger partial charge on any atom is -0.302 e. The molecule has 1 atom stereocenters. The second kappa shape index (κ2) is 6.06. The molecule has 1 aliphatic heterocycles. The fourth-order valence-corrected chi connectivity index (χ4v) is 3.05. The van der Waals surface area contributed by atoms with E-state index < -0.39 is 38.4 Å². The van der Waals surface area contributed by atoms with Gasteiger partial charge in [-0.15, -0.1) is 23.2 Å². The number of halogens is 2. The van der Waals surface area contributed by atoms with Crippen LogP contribution in [-0.2, 0) is 13.9 Å². The third-order valence-electron chi connectivity index (χ3n) is 1.68. The van der Waals surface area contributed by atoms with Crippen molar-refractivity contribution in [2.75, 3.05) is 31.4 Å². The summed E-state index contributed by atoms with van der Waals surface area (Å²) in [7, 11) is -4.06. The van der Waals surface area contributed by atoms with E-state index in [2.05, 4.69) is 5.09 Å². The molecule has 1 N–H and O–H groups in total. The lowest BCUT2D eigenvalue weighted by Crippen LogP contribution is -2.39. The van der Waals surface area contributed by atoms with E-state index >= 15 is 0 Å². The van der Waals surface area contributed by atoms with Crippen LogP contribution in [0.2, 0.25) is 0 Å². The number of hydrogen-bond acceptors (Lipinski definition) is 3. The summed E-state index contributed by atoms with van der Waals surface area (Å²) in [5.41, 5.74) is 0.